The Labute approximate surface area is 155 Å². The molecule has 3 rings (SSSR count). The van der Waals surface area contributed by atoms with Crippen molar-refractivity contribution in [1.82, 2.24) is 19.7 Å². The number of amides is 2. The maximum absolute atomic E-state index is 12.5. The topological polar surface area (TPSA) is 88.4 Å². The van der Waals surface area contributed by atoms with Gasteiger partial charge in [-0.3, -0.25) is 14.0 Å². The first-order valence-corrected chi connectivity index (χ1v) is 9.28. The highest BCUT2D eigenvalue weighted by molar-refractivity contribution is 7.13. The van der Waals surface area contributed by atoms with Gasteiger partial charge >= 0.3 is 0 Å². The minimum absolute atomic E-state index is 0.102. The largest absolute Gasteiger partial charge is 0.351 e. The number of nitrogens with zero attached hydrogens (tertiary/aromatic N) is 3. The number of aryl methyl sites for hydroxylation is 3. The van der Waals surface area contributed by atoms with E-state index in [-0.39, 0.29) is 11.8 Å². The molecular formula is C18H21N5O2S. The quantitative estimate of drug-likeness (QED) is 0.652. The first-order valence-electron chi connectivity index (χ1n) is 8.40. The lowest BCUT2D eigenvalue weighted by Crippen LogP contribution is -2.27. The van der Waals surface area contributed by atoms with Crippen molar-refractivity contribution in [2.75, 3.05) is 11.9 Å². The zero-order valence-electron chi connectivity index (χ0n) is 15.0. The molecule has 3 aromatic rings. The van der Waals surface area contributed by atoms with Crippen molar-refractivity contribution in [2.24, 2.45) is 0 Å². The third kappa shape index (κ3) is 3.91. The second kappa shape index (κ2) is 7.65. The van der Waals surface area contributed by atoms with Crippen LogP contribution in [0.2, 0.25) is 0 Å². The number of nitrogens with one attached hydrogen (secondary N) is 2. The van der Waals surface area contributed by atoms with Gasteiger partial charge in [-0.05, 0) is 38.8 Å². The third-order valence-electron chi connectivity index (χ3n) is 3.97. The van der Waals surface area contributed by atoms with Gasteiger partial charge in [0.25, 0.3) is 5.91 Å². The van der Waals surface area contributed by atoms with Gasteiger partial charge in [0.2, 0.25) is 5.91 Å². The van der Waals surface area contributed by atoms with Gasteiger partial charge < -0.3 is 10.6 Å². The Bertz CT molecular complexity index is 960. The van der Waals surface area contributed by atoms with Crippen LogP contribution in [0.5, 0.6) is 0 Å². The van der Waals surface area contributed by atoms with Crippen molar-refractivity contribution in [2.45, 2.75) is 33.6 Å². The molecule has 0 saturated carbocycles. The van der Waals surface area contributed by atoms with Crippen LogP contribution in [-0.2, 0) is 4.79 Å². The maximum atomic E-state index is 12.5. The van der Waals surface area contributed by atoms with Crippen molar-refractivity contribution in [3.8, 4) is 0 Å². The lowest BCUT2D eigenvalue weighted by Gasteiger charge is -2.06. The van der Waals surface area contributed by atoms with E-state index < -0.39 is 0 Å². The van der Waals surface area contributed by atoms with Crippen LogP contribution in [0, 0.1) is 20.8 Å². The molecule has 3 heterocycles. The minimum Gasteiger partial charge on any atom is -0.351 e. The van der Waals surface area contributed by atoms with Gasteiger partial charge in [0.1, 0.15) is 11.3 Å². The van der Waals surface area contributed by atoms with Gasteiger partial charge in [0, 0.05) is 24.5 Å². The van der Waals surface area contributed by atoms with Gasteiger partial charge in [-0.1, -0.05) is 6.07 Å². The number of thiazole rings is 1. The monoisotopic (exact) mass is 371 g/mol. The van der Waals surface area contributed by atoms with Gasteiger partial charge in [-0.2, -0.15) is 0 Å². The van der Waals surface area contributed by atoms with Gasteiger partial charge in [0.15, 0.2) is 5.13 Å². The Kier molecular flexibility index (Phi) is 5.32. The van der Waals surface area contributed by atoms with E-state index in [1.807, 2.05) is 44.5 Å². The molecule has 0 aromatic carbocycles. The molecule has 8 heteroatoms. The molecule has 0 aliphatic heterocycles. The van der Waals surface area contributed by atoms with Crippen LogP contribution in [0.4, 0.5) is 5.13 Å². The van der Waals surface area contributed by atoms with Crippen LogP contribution in [-0.4, -0.2) is 32.7 Å². The van der Waals surface area contributed by atoms with Gasteiger partial charge in [-0.25, -0.2) is 9.97 Å². The summed E-state index contributed by atoms with van der Waals surface area (Å²) in [5.41, 5.74) is 3.91. The van der Waals surface area contributed by atoms with E-state index in [2.05, 4.69) is 20.6 Å². The number of pyridine rings is 1. The molecule has 0 spiro atoms. The number of hydrogen-bond acceptors (Lipinski definition) is 5. The number of fused-ring (bicyclic) bond motifs is 1. The summed E-state index contributed by atoms with van der Waals surface area (Å²) >= 11 is 1.40. The van der Waals surface area contributed by atoms with Gasteiger partial charge in [0.05, 0.1) is 11.4 Å². The summed E-state index contributed by atoms with van der Waals surface area (Å²) < 4.78 is 1.80. The van der Waals surface area contributed by atoms with E-state index in [9.17, 15) is 9.59 Å². The summed E-state index contributed by atoms with van der Waals surface area (Å²) in [6.07, 6.45) is 2.71. The summed E-state index contributed by atoms with van der Waals surface area (Å²) in [6.45, 7) is 6.09. The summed E-state index contributed by atoms with van der Waals surface area (Å²) in [5.74, 6) is -0.285. The van der Waals surface area contributed by atoms with E-state index in [4.69, 9.17) is 0 Å². The lowest BCUT2D eigenvalue weighted by atomic mass is 10.2. The van der Waals surface area contributed by atoms with Crippen molar-refractivity contribution in [1.29, 1.82) is 0 Å². The van der Waals surface area contributed by atoms with Crippen molar-refractivity contribution in [3.63, 3.8) is 0 Å². The van der Waals surface area contributed by atoms with Crippen LogP contribution in [0.3, 0.4) is 0 Å². The zero-order chi connectivity index (χ0) is 18.7. The summed E-state index contributed by atoms with van der Waals surface area (Å²) in [5, 5.41) is 8.12. The van der Waals surface area contributed by atoms with Crippen LogP contribution in [0.15, 0.2) is 23.7 Å². The first kappa shape index (κ1) is 18.1. The maximum Gasteiger partial charge on any atom is 0.270 e. The molecule has 7 nitrogen and oxygen atoms in total. The van der Waals surface area contributed by atoms with E-state index in [1.54, 1.807) is 4.40 Å². The third-order valence-corrected chi connectivity index (χ3v) is 4.84. The number of carbonyl (C=O) groups excluding carboxylic acids is 2. The molecule has 26 heavy (non-hydrogen) atoms. The molecule has 3 aromatic heterocycles. The second-order valence-corrected chi connectivity index (χ2v) is 6.99. The summed E-state index contributed by atoms with van der Waals surface area (Å²) in [7, 11) is 0. The fourth-order valence-corrected chi connectivity index (χ4v) is 3.42. The van der Waals surface area contributed by atoms with Crippen molar-refractivity contribution < 1.29 is 9.59 Å². The molecule has 0 bridgehead atoms. The van der Waals surface area contributed by atoms with Crippen molar-refractivity contribution >= 4 is 33.9 Å². The summed E-state index contributed by atoms with van der Waals surface area (Å²) in [4.78, 5) is 33.1. The zero-order valence-corrected chi connectivity index (χ0v) is 15.8. The molecule has 0 unspecified atom stereocenters. The predicted octanol–water partition coefficient (Wildman–Crippen LogP) is 2.86. The number of anilines is 1. The highest BCUT2D eigenvalue weighted by Crippen LogP contribution is 2.16. The van der Waals surface area contributed by atoms with Crippen LogP contribution in [0.25, 0.3) is 5.65 Å². The SMILES string of the molecule is Cc1csc(NC(=O)CCCNC(=O)c2c(C)nc3c(C)cccn23)n1. The smallest absolute Gasteiger partial charge is 0.270 e. The lowest BCUT2D eigenvalue weighted by molar-refractivity contribution is -0.116. The molecule has 0 saturated heterocycles. The molecule has 136 valence electrons. The molecule has 0 radical (unpaired) electrons. The van der Waals surface area contributed by atoms with E-state index in [1.165, 1.54) is 11.3 Å². The van der Waals surface area contributed by atoms with Crippen LogP contribution < -0.4 is 10.6 Å². The average molecular weight is 371 g/mol. The van der Waals surface area contributed by atoms with E-state index >= 15 is 0 Å². The van der Waals surface area contributed by atoms with Gasteiger partial charge in [-0.15, -0.1) is 11.3 Å². The van der Waals surface area contributed by atoms with Crippen LogP contribution >= 0.6 is 11.3 Å². The molecule has 2 N–H and O–H groups in total. The van der Waals surface area contributed by atoms with E-state index in [0.29, 0.717) is 35.9 Å². The fraction of sp³-hybridized carbons (Fsp3) is 0.333. The Hall–Kier alpha value is -2.74. The highest BCUT2D eigenvalue weighted by Gasteiger charge is 2.17. The molecule has 2 amide bonds. The first-order chi connectivity index (χ1) is 12.5. The number of hydrogen-bond donors (Lipinski definition) is 2. The Balaban J connectivity index is 1.52. The molecular weight excluding hydrogens is 350 g/mol. The highest BCUT2D eigenvalue weighted by atomic mass is 32.1. The average Bonchev–Trinajstić information content (AvgIpc) is 3.15. The molecule has 0 aliphatic carbocycles. The molecule has 0 aliphatic rings. The normalized spacial score (nSPS) is 10.9. The van der Waals surface area contributed by atoms with Crippen LogP contribution in [0.1, 0.15) is 40.3 Å². The number of carbonyl (C=O) groups is 2. The number of imidazole rings is 1. The predicted molar refractivity (Wildman–Crippen MR) is 102 cm³/mol. The van der Waals surface area contributed by atoms with Crippen molar-refractivity contribution in [3.05, 3.63) is 46.4 Å². The molecule has 0 atom stereocenters. The fourth-order valence-electron chi connectivity index (χ4n) is 2.72. The Morgan fingerprint density at radius 2 is 2.04 bits per heavy atom. The minimum atomic E-state index is -0.184. The molecule has 0 fully saturated rings. The Morgan fingerprint density at radius 1 is 1.23 bits per heavy atom. The standard InChI is InChI=1S/C18H21N5O2S/c1-11-6-5-9-23-15(13(3)21-16(11)23)17(25)19-8-4-7-14(24)22-18-20-12(2)10-26-18/h5-6,9-10H,4,7-8H2,1-3H3,(H,19,25)(H,20,22,24). The van der Waals surface area contributed by atoms with E-state index in [0.717, 1.165) is 16.9 Å². The number of aromatic nitrogens is 3. The summed E-state index contributed by atoms with van der Waals surface area (Å²) in [6, 6.07) is 3.86. The Morgan fingerprint density at radius 3 is 2.77 bits per heavy atom. The second-order valence-electron chi connectivity index (χ2n) is 6.13. The number of rotatable bonds is 6.